The number of carbonyl (C=O) groups excluding carboxylic acids is 3. The minimum atomic E-state index is -0.761. The van der Waals surface area contributed by atoms with Crippen molar-refractivity contribution in [3.63, 3.8) is 0 Å². The number of fused-ring (bicyclic) bond motifs is 1. The van der Waals surface area contributed by atoms with E-state index in [1.54, 1.807) is 0 Å². The second-order valence-electron chi connectivity index (χ2n) is 8.20. The van der Waals surface area contributed by atoms with Gasteiger partial charge in [0.1, 0.15) is 11.6 Å². The number of hydrogen-bond donors (Lipinski definition) is 2. The van der Waals surface area contributed by atoms with Crippen molar-refractivity contribution >= 4 is 23.7 Å². The smallest absolute Gasteiger partial charge is 0.407 e. The molecular weight excluding hydrogens is 441 g/mol. The van der Waals surface area contributed by atoms with Crippen LogP contribution >= 0.6 is 0 Å². The van der Waals surface area contributed by atoms with Gasteiger partial charge in [-0.05, 0) is 61.6 Å². The van der Waals surface area contributed by atoms with E-state index in [0.717, 1.165) is 30.4 Å². The quantitative estimate of drug-likeness (QED) is 0.426. The van der Waals surface area contributed by atoms with Crippen LogP contribution in [0.4, 0.5) is 14.9 Å². The first-order chi connectivity index (χ1) is 16.2. The Bertz CT molecular complexity index is 1070. The number of hydrogen-bond acceptors (Lipinski definition) is 6. The van der Waals surface area contributed by atoms with Gasteiger partial charge < -0.3 is 25.4 Å². The van der Waals surface area contributed by atoms with Crippen molar-refractivity contribution in [1.29, 1.82) is 0 Å². The summed E-state index contributed by atoms with van der Waals surface area (Å²) in [4.78, 5) is 38.1. The van der Waals surface area contributed by atoms with Gasteiger partial charge in [0.25, 0.3) is 0 Å². The van der Waals surface area contributed by atoms with Gasteiger partial charge in [-0.1, -0.05) is 13.0 Å². The van der Waals surface area contributed by atoms with E-state index < -0.39 is 23.7 Å². The highest BCUT2D eigenvalue weighted by Gasteiger charge is 2.35. The second kappa shape index (κ2) is 11.0. The third kappa shape index (κ3) is 5.84. The number of nitrogens with zero attached hydrogens (tertiary/aromatic N) is 1. The van der Waals surface area contributed by atoms with Gasteiger partial charge in [-0.3, -0.25) is 9.59 Å². The normalized spacial score (nSPS) is 16.9. The molecule has 2 atom stereocenters. The van der Waals surface area contributed by atoms with E-state index in [1.165, 1.54) is 12.1 Å². The van der Waals surface area contributed by atoms with Crippen molar-refractivity contribution in [3.8, 4) is 5.75 Å². The summed E-state index contributed by atoms with van der Waals surface area (Å²) in [6.07, 6.45) is -0.415. The number of carbonyl (C=O) groups is 3. The van der Waals surface area contributed by atoms with E-state index in [-0.39, 0.29) is 30.6 Å². The molecule has 8 nitrogen and oxygen atoms in total. The molecule has 0 fully saturated rings. The zero-order valence-electron chi connectivity index (χ0n) is 19.6. The van der Waals surface area contributed by atoms with Crippen molar-refractivity contribution in [2.45, 2.75) is 39.7 Å². The van der Waals surface area contributed by atoms with Crippen LogP contribution in [0.5, 0.6) is 5.75 Å². The number of nitrogens with one attached hydrogen (secondary N) is 1. The molecule has 1 heterocycles. The van der Waals surface area contributed by atoms with Crippen LogP contribution in [0.2, 0.25) is 0 Å². The van der Waals surface area contributed by atoms with Crippen LogP contribution in [0.3, 0.4) is 0 Å². The average molecular weight is 472 g/mol. The van der Waals surface area contributed by atoms with Gasteiger partial charge in [-0.15, -0.1) is 0 Å². The minimum absolute atomic E-state index is 0.0124. The van der Waals surface area contributed by atoms with Crippen LogP contribution < -0.4 is 20.7 Å². The van der Waals surface area contributed by atoms with Gasteiger partial charge in [0.05, 0.1) is 12.5 Å². The van der Waals surface area contributed by atoms with Crippen molar-refractivity contribution in [1.82, 2.24) is 5.32 Å². The summed E-state index contributed by atoms with van der Waals surface area (Å²) in [5, 5.41) is 2.50. The molecule has 0 spiro atoms. The maximum Gasteiger partial charge on any atom is 0.407 e. The Morgan fingerprint density at radius 2 is 1.91 bits per heavy atom. The Hall–Kier alpha value is -3.62. The number of amides is 2. The SMILES string of the molecule is CCN(CC)c1ccc2c(c1)OC(=O)C(CCOC(=O)NCc1cc(F)cc(C(N)=O)c1)C2C. The van der Waals surface area contributed by atoms with Crippen LogP contribution in [0.25, 0.3) is 0 Å². The lowest BCUT2D eigenvalue weighted by Crippen LogP contribution is -2.33. The third-order valence-corrected chi connectivity index (χ3v) is 6.07. The first kappa shape index (κ1) is 25.0. The van der Waals surface area contributed by atoms with Gasteiger partial charge in [-0.25, -0.2) is 9.18 Å². The maximum absolute atomic E-state index is 13.6. The van der Waals surface area contributed by atoms with Crippen LogP contribution in [0, 0.1) is 11.7 Å². The number of esters is 1. The standard InChI is InChI=1S/C25H30FN3O5/c1-4-29(5-2)19-6-7-20-15(3)21(24(31)34-22(20)13-19)8-9-33-25(32)28-14-16-10-17(23(27)30)12-18(26)11-16/h6-7,10-13,15,21H,4-5,8-9,14H2,1-3H3,(H2,27,30)(H,28,32). The fourth-order valence-electron chi connectivity index (χ4n) is 4.14. The van der Waals surface area contributed by atoms with Crippen LogP contribution in [-0.4, -0.2) is 37.7 Å². The van der Waals surface area contributed by atoms with E-state index in [2.05, 4.69) is 24.1 Å². The number of rotatable bonds is 9. The molecule has 0 aromatic heterocycles. The molecule has 2 amide bonds. The van der Waals surface area contributed by atoms with Gasteiger partial charge >= 0.3 is 12.1 Å². The number of anilines is 1. The fourth-order valence-corrected chi connectivity index (χ4v) is 4.14. The lowest BCUT2D eigenvalue weighted by Gasteiger charge is -2.31. The maximum atomic E-state index is 13.6. The Morgan fingerprint density at radius 3 is 2.59 bits per heavy atom. The third-order valence-electron chi connectivity index (χ3n) is 6.07. The molecule has 0 radical (unpaired) electrons. The summed E-state index contributed by atoms with van der Waals surface area (Å²) >= 11 is 0. The lowest BCUT2D eigenvalue weighted by molar-refractivity contribution is -0.141. The van der Waals surface area contributed by atoms with Crippen molar-refractivity contribution in [2.75, 3.05) is 24.6 Å². The Labute approximate surface area is 198 Å². The molecule has 0 saturated heterocycles. The molecule has 2 unspecified atom stereocenters. The average Bonchev–Trinajstić information content (AvgIpc) is 2.80. The predicted molar refractivity (Wildman–Crippen MR) is 125 cm³/mol. The fraction of sp³-hybridized carbons (Fsp3) is 0.400. The van der Waals surface area contributed by atoms with E-state index in [4.69, 9.17) is 15.2 Å². The van der Waals surface area contributed by atoms with Gasteiger partial charge in [0, 0.05) is 37.0 Å². The zero-order chi connectivity index (χ0) is 24.8. The highest BCUT2D eigenvalue weighted by Crippen LogP contribution is 2.40. The molecule has 0 bridgehead atoms. The molecule has 9 heteroatoms. The van der Waals surface area contributed by atoms with Crippen molar-refractivity contribution < 1.29 is 28.2 Å². The Kier molecular flexibility index (Phi) is 8.09. The van der Waals surface area contributed by atoms with E-state index in [1.807, 2.05) is 25.1 Å². The first-order valence-electron chi connectivity index (χ1n) is 11.3. The van der Waals surface area contributed by atoms with Crippen molar-refractivity contribution in [2.24, 2.45) is 11.7 Å². The largest absolute Gasteiger partial charge is 0.450 e. The van der Waals surface area contributed by atoms with Crippen molar-refractivity contribution in [3.05, 3.63) is 58.9 Å². The molecule has 0 aliphatic carbocycles. The van der Waals surface area contributed by atoms with Gasteiger partial charge in [0.15, 0.2) is 0 Å². The summed E-state index contributed by atoms with van der Waals surface area (Å²) in [7, 11) is 0. The predicted octanol–water partition coefficient (Wildman–Crippen LogP) is 3.73. The van der Waals surface area contributed by atoms with Crippen LogP contribution in [-0.2, 0) is 16.1 Å². The summed E-state index contributed by atoms with van der Waals surface area (Å²) in [5.41, 5.74) is 7.51. The monoisotopic (exact) mass is 471 g/mol. The molecule has 2 aromatic rings. The molecule has 3 N–H and O–H groups in total. The van der Waals surface area contributed by atoms with Gasteiger partial charge in [-0.2, -0.15) is 0 Å². The molecule has 1 aliphatic heterocycles. The molecule has 0 saturated carbocycles. The van der Waals surface area contributed by atoms with Crippen LogP contribution in [0.15, 0.2) is 36.4 Å². The zero-order valence-corrected chi connectivity index (χ0v) is 19.6. The van der Waals surface area contributed by atoms with Gasteiger partial charge in [0.2, 0.25) is 5.91 Å². The molecule has 1 aliphatic rings. The number of primary amides is 1. The van der Waals surface area contributed by atoms with E-state index >= 15 is 0 Å². The molecule has 2 aromatic carbocycles. The molecule has 182 valence electrons. The Balaban J connectivity index is 1.53. The summed E-state index contributed by atoms with van der Waals surface area (Å²) < 4.78 is 24.4. The summed E-state index contributed by atoms with van der Waals surface area (Å²) in [6.45, 7) is 7.78. The summed E-state index contributed by atoms with van der Waals surface area (Å²) in [5.74, 6) is -1.70. The number of nitrogens with two attached hydrogens (primary N) is 1. The van der Waals surface area contributed by atoms with E-state index in [0.29, 0.717) is 17.7 Å². The molecule has 3 rings (SSSR count). The number of benzene rings is 2. The lowest BCUT2D eigenvalue weighted by atomic mass is 9.83. The van der Waals surface area contributed by atoms with E-state index in [9.17, 15) is 18.8 Å². The number of halogens is 1. The molecular formula is C25H30FN3O5. The summed E-state index contributed by atoms with van der Waals surface area (Å²) in [6, 6.07) is 9.52. The highest BCUT2D eigenvalue weighted by molar-refractivity contribution is 5.93. The van der Waals surface area contributed by atoms with Crippen LogP contribution in [0.1, 0.15) is 54.6 Å². The topological polar surface area (TPSA) is 111 Å². The Morgan fingerprint density at radius 1 is 1.18 bits per heavy atom. The minimum Gasteiger partial charge on any atom is -0.450 e. The first-order valence-corrected chi connectivity index (χ1v) is 11.3. The number of ether oxygens (including phenoxy) is 2. The molecule has 34 heavy (non-hydrogen) atoms. The number of alkyl carbamates (subject to hydrolysis) is 1. The highest BCUT2D eigenvalue weighted by atomic mass is 19.1. The second-order valence-corrected chi connectivity index (χ2v) is 8.20.